The molecule has 2 rings (SSSR count). The van der Waals surface area contributed by atoms with E-state index in [2.05, 4.69) is 9.98 Å². The first-order valence-electron chi connectivity index (χ1n) is 6.40. The maximum Gasteiger partial charge on any atom is 0.420 e. The van der Waals surface area contributed by atoms with Crippen molar-refractivity contribution in [3.05, 3.63) is 34.7 Å². The number of carbonyl (C=O) groups excluding carboxylic acids is 1. The highest BCUT2D eigenvalue weighted by Gasteiger charge is 2.28. The monoisotopic (exact) mass is 375 g/mol. The Balaban J connectivity index is 2.47. The number of pyridine rings is 1. The highest BCUT2D eigenvalue weighted by atomic mass is 35.5. The lowest BCUT2D eigenvalue weighted by atomic mass is 10.2. The van der Waals surface area contributed by atoms with Gasteiger partial charge in [-0.1, -0.05) is 11.6 Å². The van der Waals surface area contributed by atoms with Crippen LogP contribution in [0.15, 0.2) is 34.6 Å². The van der Waals surface area contributed by atoms with Crippen molar-refractivity contribution in [3.8, 4) is 0 Å². The second-order valence-corrected chi connectivity index (χ2v) is 9.27. The summed E-state index contributed by atoms with van der Waals surface area (Å²) in [5.74, 6) is 0.163. The minimum Gasteiger partial charge on any atom is -0.443 e. The molecule has 0 saturated carbocycles. The van der Waals surface area contributed by atoms with Crippen LogP contribution < -0.4 is 4.90 Å². The van der Waals surface area contributed by atoms with Crippen molar-refractivity contribution in [1.29, 1.82) is 0 Å². The van der Waals surface area contributed by atoms with Crippen molar-refractivity contribution in [3.63, 3.8) is 0 Å². The number of carbonyl (C=O) groups is 1. The SMILES string of the molecule is CC(C)(C)OC(=O)N(C1=CS(=S(=O)=O)C=N1)c1ccc(Cl)nc1. The molecule has 1 aromatic heterocycles. The second-order valence-electron chi connectivity index (χ2n) is 5.40. The molecule has 1 aromatic rings. The molecule has 0 spiro atoms. The fraction of sp³-hybridized carbons (Fsp3) is 0.308. The standard InChI is InChI=1S/C13H14ClN3O4S2/c1-13(2,3)21-12(18)17(9-4-5-10(14)15-6-9)11-7-22(8-16-11)23(19)20/h4-8H,1-3H3. The van der Waals surface area contributed by atoms with Crippen molar-refractivity contribution >= 4 is 47.6 Å². The molecule has 23 heavy (non-hydrogen) atoms. The van der Waals surface area contributed by atoms with Gasteiger partial charge in [0.2, 0.25) is 9.26 Å². The van der Waals surface area contributed by atoms with Crippen LogP contribution in [-0.2, 0) is 23.5 Å². The van der Waals surface area contributed by atoms with Crippen LogP contribution in [0.4, 0.5) is 10.5 Å². The first-order valence-corrected chi connectivity index (χ1v) is 9.72. The third-order valence-electron chi connectivity index (χ3n) is 2.44. The van der Waals surface area contributed by atoms with E-state index in [4.69, 9.17) is 16.3 Å². The number of hydrogen-bond acceptors (Lipinski definition) is 6. The van der Waals surface area contributed by atoms with Gasteiger partial charge < -0.3 is 4.74 Å². The maximum absolute atomic E-state index is 12.5. The molecule has 0 fully saturated rings. The first-order chi connectivity index (χ1) is 10.7. The van der Waals surface area contributed by atoms with Gasteiger partial charge in [-0.2, -0.15) is 8.42 Å². The summed E-state index contributed by atoms with van der Waals surface area (Å²) in [5, 5.41) is 1.64. The predicted octanol–water partition coefficient (Wildman–Crippen LogP) is 2.73. The van der Waals surface area contributed by atoms with Crippen LogP contribution in [0, 0.1) is 0 Å². The van der Waals surface area contributed by atoms with Gasteiger partial charge in [0.25, 0.3) is 0 Å². The summed E-state index contributed by atoms with van der Waals surface area (Å²) >= 11 is 5.76. The zero-order valence-electron chi connectivity index (χ0n) is 12.6. The van der Waals surface area contributed by atoms with Crippen LogP contribution >= 0.6 is 11.6 Å². The maximum atomic E-state index is 12.5. The smallest absolute Gasteiger partial charge is 0.420 e. The van der Waals surface area contributed by atoms with E-state index in [1.165, 1.54) is 23.2 Å². The van der Waals surface area contributed by atoms with Crippen LogP contribution in [0.25, 0.3) is 0 Å². The topological polar surface area (TPSA) is 88.9 Å². The normalized spacial score (nSPS) is 16.9. The molecule has 0 aromatic carbocycles. The van der Waals surface area contributed by atoms with Crippen molar-refractivity contribution in [1.82, 2.24) is 4.98 Å². The number of ether oxygens (including phenoxy) is 1. The van der Waals surface area contributed by atoms with E-state index in [1.54, 1.807) is 26.8 Å². The van der Waals surface area contributed by atoms with E-state index in [0.717, 1.165) is 4.90 Å². The van der Waals surface area contributed by atoms with Gasteiger partial charge in [-0.3, -0.25) is 0 Å². The van der Waals surface area contributed by atoms with Crippen LogP contribution in [0.3, 0.4) is 0 Å². The van der Waals surface area contributed by atoms with Crippen molar-refractivity contribution in [2.75, 3.05) is 4.90 Å². The Morgan fingerprint density at radius 3 is 2.52 bits per heavy atom. The highest BCUT2D eigenvalue weighted by Crippen LogP contribution is 2.25. The molecule has 1 amide bonds. The quantitative estimate of drug-likeness (QED) is 0.741. The van der Waals surface area contributed by atoms with Gasteiger partial charge in [0, 0.05) is 14.9 Å². The largest absolute Gasteiger partial charge is 0.443 e. The number of rotatable bonds is 2. The minimum atomic E-state index is -2.33. The van der Waals surface area contributed by atoms with Crippen LogP contribution in [-0.4, -0.2) is 30.6 Å². The Hall–Kier alpha value is -1.71. The molecule has 1 aliphatic rings. The molecule has 7 nitrogen and oxygen atoms in total. The number of halogens is 1. The molecule has 0 bridgehead atoms. The second kappa shape index (κ2) is 6.81. The molecule has 1 aliphatic heterocycles. The summed E-state index contributed by atoms with van der Waals surface area (Å²) in [6.45, 7) is 5.19. The van der Waals surface area contributed by atoms with Gasteiger partial charge in [-0.15, -0.1) is 0 Å². The molecule has 0 aliphatic carbocycles. The van der Waals surface area contributed by atoms with Crippen molar-refractivity contribution in [2.45, 2.75) is 26.4 Å². The molecule has 1 atom stereocenters. The highest BCUT2D eigenvalue weighted by molar-refractivity contribution is 8.42. The van der Waals surface area contributed by atoms with Crippen LogP contribution in [0.1, 0.15) is 20.8 Å². The number of anilines is 1. The van der Waals surface area contributed by atoms with Crippen LogP contribution in [0.5, 0.6) is 0 Å². The number of hydrogen-bond donors (Lipinski definition) is 0. The van der Waals surface area contributed by atoms with Gasteiger partial charge in [0.1, 0.15) is 16.6 Å². The molecule has 124 valence electrons. The molecule has 1 unspecified atom stereocenters. The van der Waals surface area contributed by atoms with E-state index >= 15 is 0 Å². The average Bonchev–Trinajstić information content (AvgIpc) is 2.89. The Kier molecular flexibility index (Phi) is 5.23. The zero-order chi connectivity index (χ0) is 17.2. The number of aliphatic imine (C=N–C) groups is 1. The molecule has 0 saturated heterocycles. The van der Waals surface area contributed by atoms with Gasteiger partial charge in [0.05, 0.1) is 17.4 Å². The van der Waals surface area contributed by atoms with Gasteiger partial charge in [-0.25, -0.2) is 19.7 Å². The summed E-state index contributed by atoms with van der Waals surface area (Å²) in [4.78, 5) is 21.6. The number of amides is 1. The van der Waals surface area contributed by atoms with Crippen LogP contribution in [0.2, 0.25) is 5.15 Å². The van der Waals surface area contributed by atoms with E-state index in [0.29, 0.717) is 5.69 Å². The summed E-state index contributed by atoms with van der Waals surface area (Å²) < 4.78 is 27.5. The Morgan fingerprint density at radius 1 is 1.35 bits per heavy atom. The first kappa shape index (κ1) is 17.6. The Labute approximate surface area is 141 Å². The Morgan fingerprint density at radius 2 is 2.04 bits per heavy atom. The van der Waals surface area contributed by atoms with E-state index < -0.39 is 30.4 Å². The lowest BCUT2D eigenvalue weighted by molar-refractivity contribution is 0.0592. The molecule has 2 heterocycles. The zero-order valence-corrected chi connectivity index (χ0v) is 14.9. The van der Waals surface area contributed by atoms with Gasteiger partial charge in [-0.05, 0) is 32.9 Å². The molecule has 10 heteroatoms. The third-order valence-corrected chi connectivity index (χ3v) is 5.23. The third kappa shape index (κ3) is 4.63. The predicted molar refractivity (Wildman–Crippen MR) is 90.8 cm³/mol. The minimum absolute atomic E-state index is 0.163. The summed E-state index contributed by atoms with van der Waals surface area (Å²) in [6, 6.07) is 3.08. The molecule has 0 N–H and O–H groups in total. The van der Waals surface area contributed by atoms with E-state index in [9.17, 15) is 13.2 Å². The van der Waals surface area contributed by atoms with E-state index in [1.807, 2.05) is 0 Å². The average molecular weight is 376 g/mol. The molecular weight excluding hydrogens is 362 g/mol. The molecule has 0 radical (unpaired) electrons. The lowest BCUT2D eigenvalue weighted by Crippen LogP contribution is -2.35. The summed E-state index contributed by atoms with van der Waals surface area (Å²) in [5.41, 5.74) is 0.912. The fourth-order valence-corrected chi connectivity index (χ4v) is 3.34. The van der Waals surface area contributed by atoms with E-state index in [-0.39, 0.29) is 11.0 Å². The van der Waals surface area contributed by atoms with Crippen molar-refractivity contribution in [2.24, 2.45) is 4.99 Å². The lowest BCUT2D eigenvalue weighted by Gasteiger charge is -2.26. The van der Waals surface area contributed by atoms with Gasteiger partial charge in [0.15, 0.2) is 0 Å². The number of aromatic nitrogens is 1. The molecular formula is C13H14ClN3O4S2. The summed E-state index contributed by atoms with van der Waals surface area (Å²) in [7, 11) is -3.51. The Bertz CT molecular complexity index is 816. The fourth-order valence-electron chi connectivity index (χ4n) is 1.59. The number of nitrogens with zero attached hydrogens (tertiary/aromatic N) is 3. The van der Waals surface area contributed by atoms with Crippen molar-refractivity contribution < 1.29 is 17.9 Å². The summed E-state index contributed by atoms with van der Waals surface area (Å²) in [6.07, 6.45) is 0.694. The van der Waals surface area contributed by atoms with Gasteiger partial charge >= 0.3 is 6.09 Å².